The predicted octanol–water partition coefficient (Wildman–Crippen LogP) is 5.65. The second kappa shape index (κ2) is 10.8. The van der Waals surface area contributed by atoms with E-state index in [1.165, 1.54) is 18.9 Å². The van der Waals surface area contributed by atoms with Crippen molar-refractivity contribution < 1.29 is 14.2 Å². The summed E-state index contributed by atoms with van der Waals surface area (Å²) in [7, 11) is 0. The number of ether oxygens (including phenoxy) is 1. The lowest BCUT2D eigenvalue weighted by molar-refractivity contribution is 0.0991. The Labute approximate surface area is 195 Å². The molecule has 1 fully saturated rings. The van der Waals surface area contributed by atoms with Crippen LogP contribution < -0.4 is 4.74 Å². The molecule has 1 saturated carbocycles. The topological polar surface area (TPSA) is 50.5 Å². The maximum absolute atomic E-state index is 14.5. The molecule has 1 aliphatic rings. The maximum atomic E-state index is 14.5. The van der Waals surface area contributed by atoms with Crippen molar-refractivity contribution in [1.82, 2.24) is 14.7 Å². The Morgan fingerprint density at radius 2 is 1.94 bits per heavy atom. The van der Waals surface area contributed by atoms with Crippen LogP contribution in [0.4, 0.5) is 4.39 Å². The van der Waals surface area contributed by atoms with E-state index in [4.69, 9.17) is 9.84 Å². The third-order valence-corrected chi connectivity index (χ3v) is 5.95. The summed E-state index contributed by atoms with van der Waals surface area (Å²) >= 11 is 0. The van der Waals surface area contributed by atoms with E-state index in [1.807, 2.05) is 43.3 Å². The summed E-state index contributed by atoms with van der Waals surface area (Å²) < 4.78 is 22.4. The maximum Gasteiger partial charge on any atom is 0.227 e. The smallest absolute Gasteiger partial charge is 0.227 e. The van der Waals surface area contributed by atoms with E-state index in [1.54, 1.807) is 22.9 Å². The molecule has 174 valence electrons. The Hall–Kier alpha value is -2.96. The molecule has 6 heteroatoms. The van der Waals surface area contributed by atoms with Crippen LogP contribution >= 0.6 is 0 Å². The van der Waals surface area contributed by atoms with Gasteiger partial charge in [-0.3, -0.25) is 4.90 Å². The highest BCUT2D eigenvalue weighted by atomic mass is 19.1. The number of hydrogen-bond acceptors (Lipinski definition) is 4. The first-order valence-corrected chi connectivity index (χ1v) is 11.6. The summed E-state index contributed by atoms with van der Waals surface area (Å²) in [4.78, 5) is 2.28. The van der Waals surface area contributed by atoms with Crippen LogP contribution in [0, 0.1) is 18.7 Å². The summed E-state index contributed by atoms with van der Waals surface area (Å²) in [5.41, 5.74) is 2.57. The molecule has 1 aliphatic carbocycles. The largest absolute Gasteiger partial charge is 0.435 e. The second-order valence-electron chi connectivity index (χ2n) is 8.81. The number of nitrogens with zero attached hydrogens (tertiary/aromatic N) is 3. The number of aryl methyl sites for hydroxylation is 1. The van der Waals surface area contributed by atoms with Crippen molar-refractivity contribution in [2.75, 3.05) is 13.1 Å². The molecule has 3 aromatic rings. The number of para-hydroxylation sites is 2. The summed E-state index contributed by atoms with van der Waals surface area (Å²) in [6.07, 6.45) is 5.32. The normalized spacial score (nSPS) is 14.4. The van der Waals surface area contributed by atoms with Gasteiger partial charge in [0.2, 0.25) is 5.88 Å². The second-order valence-corrected chi connectivity index (χ2v) is 8.81. The Balaban J connectivity index is 1.67. The molecule has 0 amide bonds. The zero-order chi connectivity index (χ0) is 23.2. The monoisotopic (exact) mass is 449 g/mol. The average Bonchev–Trinajstić information content (AvgIpc) is 3.58. The molecule has 0 radical (unpaired) electrons. The van der Waals surface area contributed by atoms with Gasteiger partial charge in [0.15, 0.2) is 11.6 Å². The Morgan fingerprint density at radius 3 is 2.64 bits per heavy atom. The lowest BCUT2D eigenvalue weighted by Gasteiger charge is -2.25. The van der Waals surface area contributed by atoms with Gasteiger partial charge in [-0.1, -0.05) is 36.4 Å². The van der Waals surface area contributed by atoms with Crippen LogP contribution in [0.25, 0.3) is 5.69 Å². The van der Waals surface area contributed by atoms with Gasteiger partial charge in [0.25, 0.3) is 0 Å². The number of rotatable bonds is 12. The zero-order valence-electron chi connectivity index (χ0n) is 19.2. The van der Waals surface area contributed by atoms with Crippen molar-refractivity contribution >= 4 is 0 Å². The fourth-order valence-electron chi connectivity index (χ4n) is 3.99. The van der Waals surface area contributed by atoms with Gasteiger partial charge >= 0.3 is 0 Å². The van der Waals surface area contributed by atoms with Crippen molar-refractivity contribution in [3.63, 3.8) is 0 Å². The number of benzene rings is 2. The number of hydrogen-bond donors (Lipinski definition) is 1. The summed E-state index contributed by atoms with van der Waals surface area (Å²) in [5, 5.41) is 15.3. The first kappa shape index (κ1) is 23.2. The van der Waals surface area contributed by atoms with Crippen molar-refractivity contribution in [3.05, 3.63) is 84.3 Å². The lowest BCUT2D eigenvalue weighted by atomic mass is 10.1. The predicted molar refractivity (Wildman–Crippen MR) is 128 cm³/mol. The Bertz CT molecular complexity index is 1060. The van der Waals surface area contributed by atoms with Gasteiger partial charge in [0.05, 0.1) is 23.0 Å². The number of allylic oxidation sites excluding steroid dienone is 1. The Kier molecular flexibility index (Phi) is 7.57. The van der Waals surface area contributed by atoms with E-state index < -0.39 is 11.9 Å². The lowest BCUT2D eigenvalue weighted by Crippen LogP contribution is -2.34. The van der Waals surface area contributed by atoms with Crippen LogP contribution in [-0.2, 0) is 6.54 Å². The fraction of sp³-hybridized carbons (Fsp3) is 0.370. The van der Waals surface area contributed by atoms with Gasteiger partial charge < -0.3 is 9.84 Å². The molecule has 5 nitrogen and oxygen atoms in total. The highest BCUT2D eigenvalue weighted by molar-refractivity contribution is 5.43. The highest BCUT2D eigenvalue weighted by Crippen LogP contribution is 2.35. The molecule has 1 N–H and O–H groups in total. The Morgan fingerprint density at radius 1 is 1.21 bits per heavy atom. The van der Waals surface area contributed by atoms with E-state index in [9.17, 15) is 9.50 Å². The van der Waals surface area contributed by atoms with Gasteiger partial charge in [0, 0.05) is 19.6 Å². The van der Waals surface area contributed by atoms with Gasteiger partial charge in [-0.05, 0) is 62.8 Å². The quantitative estimate of drug-likeness (QED) is 0.363. The first-order chi connectivity index (χ1) is 16.0. The van der Waals surface area contributed by atoms with Crippen molar-refractivity contribution in [1.29, 1.82) is 0 Å². The third-order valence-electron chi connectivity index (χ3n) is 5.95. The fourth-order valence-corrected chi connectivity index (χ4v) is 3.99. The number of halogens is 1. The standard InChI is InChI=1S/C27H32FN3O2/c1-3-4-12-23(32)18-30(17-21-15-16-21)19-24-20(2)29-31(22-10-6-5-7-11-22)27(24)33-26-14-9-8-13-25(26)28/h3,5-11,13-14,21,23,32H,1,4,12,15-19H2,2H3. The minimum Gasteiger partial charge on any atom is -0.435 e. The zero-order valence-corrected chi connectivity index (χ0v) is 19.2. The van der Waals surface area contributed by atoms with E-state index in [-0.39, 0.29) is 5.75 Å². The van der Waals surface area contributed by atoms with E-state index in [0.29, 0.717) is 31.3 Å². The summed E-state index contributed by atoms with van der Waals surface area (Å²) in [6, 6.07) is 16.1. The summed E-state index contributed by atoms with van der Waals surface area (Å²) in [6.45, 7) is 7.77. The number of aliphatic hydroxyl groups is 1. The van der Waals surface area contributed by atoms with E-state index >= 15 is 0 Å². The molecule has 0 saturated heterocycles. The highest BCUT2D eigenvalue weighted by Gasteiger charge is 2.28. The molecule has 0 spiro atoms. The van der Waals surface area contributed by atoms with Crippen molar-refractivity contribution in [3.8, 4) is 17.3 Å². The molecular weight excluding hydrogens is 417 g/mol. The van der Waals surface area contributed by atoms with Crippen LogP contribution in [-0.4, -0.2) is 39.0 Å². The van der Waals surface area contributed by atoms with Crippen molar-refractivity contribution in [2.24, 2.45) is 5.92 Å². The van der Waals surface area contributed by atoms with Crippen LogP contribution in [0.15, 0.2) is 67.3 Å². The van der Waals surface area contributed by atoms with E-state index in [2.05, 4.69) is 11.5 Å². The van der Waals surface area contributed by atoms with Gasteiger partial charge in [-0.25, -0.2) is 9.07 Å². The van der Waals surface area contributed by atoms with Gasteiger partial charge in [-0.2, -0.15) is 5.10 Å². The van der Waals surface area contributed by atoms with Crippen LogP contribution in [0.3, 0.4) is 0 Å². The number of aromatic nitrogens is 2. The molecule has 1 heterocycles. The molecule has 2 aromatic carbocycles. The third kappa shape index (κ3) is 6.09. The van der Waals surface area contributed by atoms with Gasteiger partial charge in [-0.15, -0.1) is 6.58 Å². The molecule has 1 aromatic heterocycles. The number of aliphatic hydroxyl groups excluding tert-OH is 1. The van der Waals surface area contributed by atoms with Crippen LogP contribution in [0.5, 0.6) is 11.6 Å². The molecule has 1 unspecified atom stereocenters. The summed E-state index contributed by atoms with van der Waals surface area (Å²) in [5.74, 6) is 0.911. The molecule has 4 rings (SSSR count). The SMILES string of the molecule is C=CCCC(O)CN(Cc1c(C)nn(-c2ccccc2)c1Oc1ccccc1F)CC1CC1. The van der Waals surface area contributed by atoms with E-state index in [0.717, 1.165) is 29.9 Å². The first-order valence-electron chi connectivity index (χ1n) is 11.6. The minimum atomic E-state index is -0.429. The van der Waals surface area contributed by atoms with Crippen LogP contribution in [0.2, 0.25) is 0 Å². The van der Waals surface area contributed by atoms with Crippen LogP contribution in [0.1, 0.15) is 36.9 Å². The van der Waals surface area contributed by atoms with Gasteiger partial charge in [0.1, 0.15) is 0 Å². The average molecular weight is 450 g/mol. The molecule has 1 atom stereocenters. The minimum absolute atomic E-state index is 0.163. The molecule has 0 aliphatic heterocycles. The van der Waals surface area contributed by atoms with Crippen molar-refractivity contribution in [2.45, 2.75) is 45.3 Å². The molecule has 33 heavy (non-hydrogen) atoms. The molecular formula is C27H32FN3O2. The molecule has 0 bridgehead atoms.